The van der Waals surface area contributed by atoms with E-state index in [4.69, 9.17) is 9.73 Å². The molecule has 0 spiro atoms. The summed E-state index contributed by atoms with van der Waals surface area (Å²) in [6.07, 6.45) is 1.87. The van der Waals surface area contributed by atoms with Crippen molar-refractivity contribution >= 4 is 36.0 Å². The van der Waals surface area contributed by atoms with Crippen molar-refractivity contribution in [3.63, 3.8) is 0 Å². The molecule has 2 rings (SSSR count). The highest BCUT2D eigenvalue weighted by Crippen LogP contribution is 2.19. The number of ether oxygens (including phenoxy) is 1. The van der Waals surface area contributed by atoms with Gasteiger partial charge in [-0.25, -0.2) is 9.79 Å². The Bertz CT molecular complexity index is 726. The van der Waals surface area contributed by atoms with Crippen molar-refractivity contribution < 1.29 is 9.53 Å². The number of piperidine rings is 1. The van der Waals surface area contributed by atoms with Gasteiger partial charge in [0.05, 0.1) is 12.2 Å². The van der Waals surface area contributed by atoms with Crippen LogP contribution in [0.4, 0.5) is 4.79 Å². The Morgan fingerprint density at radius 1 is 1.30 bits per heavy atom. The van der Waals surface area contributed by atoms with E-state index in [1.54, 1.807) is 0 Å². The number of guanidine groups is 1. The average Bonchev–Trinajstić information content (AvgIpc) is 2.88. The van der Waals surface area contributed by atoms with Gasteiger partial charge < -0.3 is 20.3 Å². The van der Waals surface area contributed by atoms with E-state index in [1.165, 1.54) is 5.56 Å². The molecule has 1 unspecified atom stereocenters. The van der Waals surface area contributed by atoms with E-state index in [1.807, 2.05) is 44.3 Å². The summed E-state index contributed by atoms with van der Waals surface area (Å²) in [5, 5.41) is 11.2. The molecule has 1 atom stereocenters. The van der Waals surface area contributed by atoms with Crippen molar-refractivity contribution in [2.24, 2.45) is 18.0 Å². The van der Waals surface area contributed by atoms with Gasteiger partial charge in [-0.2, -0.15) is 5.10 Å². The van der Waals surface area contributed by atoms with Gasteiger partial charge in [-0.1, -0.05) is 0 Å². The maximum absolute atomic E-state index is 12.4. The third kappa shape index (κ3) is 7.96. The zero-order valence-electron chi connectivity index (χ0n) is 19.5. The van der Waals surface area contributed by atoms with E-state index in [9.17, 15) is 4.79 Å². The van der Waals surface area contributed by atoms with E-state index in [0.29, 0.717) is 19.0 Å². The predicted octanol–water partition coefficient (Wildman–Crippen LogP) is 3.36. The average molecular weight is 534 g/mol. The molecule has 1 aromatic rings. The molecule has 1 aliphatic heterocycles. The number of hydrogen-bond acceptors (Lipinski definition) is 4. The van der Waals surface area contributed by atoms with Crippen LogP contribution in [0.15, 0.2) is 4.99 Å². The molecule has 30 heavy (non-hydrogen) atoms. The number of carbonyl (C=O) groups excluding carboxylic acids is 1. The van der Waals surface area contributed by atoms with Crippen LogP contribution in [0.2, 0.25) is 0 Å². The lowest BCUT2D eigenvalue weighted by atomic mass is 9.98. The summed E-state index contributed by atoms with van der Waals surface area (Å²) in [6.45, 7) is 15.5. The Morgan fingerprint density at radius 2 is 2.00 bits per heavy atom. The van der Waals surface area contributed by atoms with E-state index < -0.39 is 5.60 Å². The third-order valence-corrected chi connectivity index (χ3v) is 5.13. The van der Waals surface area contributed by atoms with Crippen LogP contribution in [0, 0.1) is 19.8 Å². The summed E-state index contributed by atoms with van der Waals surface area (Å²) < 4.78 is 7.42. The number of rotatable bonds is 5. The molecule has 0 bridgehead atoms. The first-order valence-corrected chi connectivity index (χ1v) is 10.6. The van der Waals surface area contributed by atoms with Gasteiger partial charge in [0.25, 0.3) is 0 Å². The molecular formula is C21H39IN6O2. The SMILES string of the molecule is CCNC(=NCc1c(C)nn(C)c1C)NCC1CCCN(C(=O)OC(C)(C)C)C1.I. The van der Waals surface area contributed by atoms with Crippen LogP contribution in [0.5, 0.6) is 0 Å². The molecule has 172 valence electrons. The molecule has 8 nitrogen and oxygen atoms in total. The summed E-state index contributed by atoms with van der Waals surface area (Å²) in [5.41, 5.74) is 2.86. The Morgan fingerprint density at radius 3 is 2.57 bits per heavy atom. The molecule has 0 saturated carbocycles. The van der Waals surface area contributed by atoms with Crippen LogP contribution in [0.25, 0.3) is 0 Å². The molecule has 1 fully saturated rings. The Balaban J connectivity index is 0.00000450. The number of aliphatic imine (C=N–C) groups is 1. The van der Waals surface area contributed by atoms with Gasteiger partial charge in [-0.15, -0.1) is 24.0 Å². The minimum Gasteiger partial charge on any atom is -0.444 e. The van der Waals surface area contributed by atoms with Crippen molar-refractivity contribution in [3.8, 4) is 0 Å². The van der Waals surface area contributed by atoms with E-state index in [0.717, 1.165) is 49.8 Å². The smallest absolute Gasteiger partial charge is 0.410 e. The number of likely N-dealkylation sites (tertiary alicyclic amines) is 1. The molecule has 0 aliphatic carbocycles. The van der Waals surface area contributed by atoms with Gasteiger partial charge in [0.15, 0.2) is 5.96 Å². The van der Waals surface area contributed by atoms with Crippen LogP contribution in [0.1, 0.15) is 57.5 Å². The van der Waals surface area contributed by atoms with Gasteiger partial charge >= 0.3 is 6.09 Å². The number of amides is 1. The summed E-state index contributed by atoms with van der Waals surface area (Å²) in [7, 11) is 1.96. The Kier molecular flexibility index (Phi) is 10.4. The van der Waals surface area contributed by atoms with Crippen LogP contribution < -0.4 is 10.6 Å². The number of hydrogen-bond donors (Lipinski definition) is 2. The zero-order chi connectivity index (χ0) is 21.6. The highest BCUT2D eigenvalue weighted by molar-refractivity contribution is 14.0. The summed E-state index contributed by atoms with van der Waals surface area (Å²) in [5.74, 6) is 1.17. The lowest BCUT2D eigenvalue weighted by Crippen LogP contribution is -2.47. The summed E-state index contributed by atoms with van der Waals surface area (Å²) >= 11 is 0. The van der Waals surface area contributed by atoms with E-state index in [2.05, 4.69) is 29.6 Å². The standard InChI is InChI=1S/C21H38N6O2.HI/c1-8-22-19(24-13-18-15(2)25-26(7)16(18)3)23-12-17-10-9-11-27(14-17)20(28)29-21(4,5)6;/h17H,8-14H2,1-7H3,(H2,22,23,24);1H. The van der Waals surface area contributed by atoms with Gasteiger partial charge in [0.1, 0.15) is 5.60 Å². The van der Waals surface area contributed by atoms with Crippen molar-refractivity contribution in [1.82, 2.24) is 25.3 Å². The first kappa shape index (κ1) is 26.5. The first-order valence-electron chi connectivity index (χ1n) is 10.6. The monoisotopic (exact) mass is 534 g/mol. The predicted molar refractivity (Wildman–Crippen MR) is 131 cm³/mol. The quantitative estimate of drug-likeness (QED) is 0.344. The lowest BCUT2D eigenvalue weighted by Gasteiger charge is -2.34. The van der Waals surface area contributed by atoms with Crippen LogP contribution in [-0.2, 0) is 18.3 Å². The fourth-order valence-electron chi connectivity index (χ4n) is 3.51. The number of carbonyl (C=O) groups is 1. The van der Waals surface area contributed by atoms with Crippen LogP contribution in [-0.4, -0.2) is 58.5 Å². The zero-order valence-corrected chi connectivity index (χ0v) is 21.9. The van der Waals surface area contributed by atoms with Gasteiger partial charge in [-0.3, -0.25) is 4.68 Å². The number of aryl methyl sites for hydroxylation is 2. The van der Waals surface area contributed by atoms with Gasteiger partial charge in [-0.05, 0) is 60.3 Å². The molecule has 0 radical (unpaired) electrons. The van der Waals surface area contributed by atoms with Crippen LogP contribution >= 0.6 is 24.0 Å². The number of nitrogens with one attached hydrogen (secondary N) is 2. The number of nitrogens with zero attached hydrogens (tertiary/aromatic N) is 4. The first-order chi connectivity index (χ1) is 13.6. The highest BCUT2D eigenvalue weighted by atomic mass is 127. The molecule has 9 heteroatoms. The maximum Gasteiger partial charge on any atom is 0.410 e. The second kappa shape index (κ2) is 11.8. The molecular weight excluding hydrogens is 495 g/mol. The van der Waals surface area contributed by atoms with Crippen molar-refractivity contribution in [2.45, 2.75) is 66.5 Å². The van der Waals surface area contributed by atoms with E-state index in [-0.39, 0.29) is 30.1 Å². The fourth-order valence-corrected chi connectivity index (χ4v) is 3.51. The summed E-state index contributed by atoms with van der Waals surface area (Å²) in [6, 6.07) is 0. The minimum absolute atomic E-state index is 0. The maximum atomic E-state index is 12.4. The molecule has 1 saturated heterocycles. The highest BCUT2D eigenvalue weighted by Gasteiger charge is 2.27. The molecule has 1 aliphatic rings. The second-order valence-electron chi connectivity index (χ2n) is 8.78. The molecule has 1 amide bonds. The second-order valence-corrected chi connectivity index (χ2v) is 8.78. The molecule has 1 aromatic heterocycles. The number of aromatic nitrogens is 2. The number of halogens is 1. The van der Waals surface area contributed by atoms with Crippen LogP contribution in [0.3, 0.4) is 0 Å². The van der Waals surface area contributed by atoms with Crippen molar-refractivity contribution in [2.75, 3.05) is 26.2 Å². The topological polar surface area (TPSA) is 83.8 Å². The Hall–Kier alpha value is -1.52. The normalized spacial score (nSPS) is 17.4. The van der Waals surface area contributed by atoms with E-state index >= 15 is 0 Å². The molecule has 0 aromatic carbocycles. The molecule has 2 N–H and O–H groups in total. The van der Waals surface area contributed by atoms with Crippen molar-refractivity contribution in [3.05, 3.63) is 17.0 Å². The van der Waals surface area contributed by atoms with Gasteiger partial charge in [0.2, 0.25) is 0 Å². The third-order valence-electron chi connectivity index (χ3n) is 5.13. The van der Waals surface area contributed by atoms with Gasteiger partial charge in [0, 0.05) is 44.5 Å². The molecule has 2 heterocycles. The largest absolute Gasteiger partial charge is 0.444 e. The summed E-state index contributed by atoms with van der Waals surface area (Å²) in [4.78, 5) is 18.9. The minimum atomic E-state index is -0.463. The fraction of sp³-hybridized carbons (Fsp3) is 0.762. The lowest BCUT2D eigenvalue weighted by molar-refractivity contribution is 0.0168. The van der Waals surface area contributed by atoms with Crippen molar-refractivity contribution in [1.29, 1.82) is 0 Å². The Labute approximate surface area is 198 Å².